The lowest BCUT2D eigenvalue weighted by Crippen LogP contribution is -2.23. The summed E-state index contributed by atoms with van der Waals surface area (Å²) in [6.45, 7) is 0.381. The van der Waals surface area contributed by atoms with Crippen LogP contribution in [-0.2, 0) is 9.53 Å². The third kappa shape index (κ3) is 4.08. The Kier molecular flexibility index (Phi) is 4.54. The van der Waals surface area contributed by atoms with E-state index in [9.17, 15) is 9.90 Å². The molecule has 0 aromatic heterocycles. The predicted octanol–water partition coefficient (Wildman–Crippen LogP) is 1.41. The second kappa shape index (κ2) is 5.75. The number of aliphatic hydroxyl groups is 1. The predicted molar refractivity (Wildman–Crippen MR) is 49.2 cm³/mol. The summed E-state index contributed by atoms with van der Waals surface area (Å²) in [5.41, 5.74) is 0. The summed E-state index contributed by atoms with van der Waals surface area (Å²) in [7, 11) is 0. The molecule has 0 amide bonds. The molecular weight excluding hydrogens is 168 g/mol. The van der Waals surface area contributed by atoms with Gasteiger partial charge in [0.15, 0.2) is 6.10 Å². The number of ether oxygens (including phenoxy) is 1. The SMILES string of the molecule is O=C1OCC/C=C\CCCCC1O. The standard InChI is InChI=1S/C10H16O3/c11-9-7-5-3-1-2-4-6-8-13-10(9)12/h2,4,9,11H,1,3,5-8H2/b4-2-. The third-order valence-electron chi connectivity index (χ3n) is 2.07. The first-order valence-corrected chi connectivity index (χ1v) is 4.80. The maximum atomic E-state index is 11.0. The Morgan fingerprint density at radius 2 is 2.08 bits per heavy atom. The van der Waals surface area contributed by atoms with Crippen molar-refractivity contribution in [2.45, 2.75) is 38.2 Å². The largest absolute Gasteiger partial charge is 0.463 e. The highest BCUT2D eigenvalue weighted by Crippen LogP contribution is 2.07. The van der Waals surface area contributed by atoms with Crippen molar-refractivity contribution >= 4 is 5.97 Å². The average Bonchev–Trinajstić information content (AvgIpc) is 2.16. The molecule has 0 saturated carbocycles. The Bertz CT molecular complexity index is 187. The zero-order valence-electron chi connectivity index (χ0n) is 7.74. The van der Waals surface area contributed by atoms with E-state index < -0.39 is 12.1 Å². The van der Waals surface area contributed by atoms with E-state index in [-0.39, 0.29) is 0 Å². The van der Waals surface area contributed by atoms with Crippen molar-refractivity contribution in [3.05, 3.63) is 12.2 Å². The maximum absolute atomic E-state index is 11.0. The topological polar surface area (TPSA) is 46.5 Å². The highest BCUT2D eigenvalue weighted by molar-refractivity contribution is 5.74. The molecule has 0 bridgehead atoms. The Labute approximate surface area is 78.4 Å². The van der Waals surface area contributed by atoms with Gasteiger partial charge in [-0.2, -0.15) is 0 Å². The van der Waals surface area contributed by atoms with Crippen molar-refractivity contribution in [3.8, 4) is 0 Å². The molecule has 0 fully saturated rings. The molecule has 1 aliphatic rings. The van der Waals surface area contributed by atoms with E-state index in [1.54, 1.807) is 0 Å². The normalized spacial score (nSPS) is 28.7. The summed E-state index contributed by atoms with van der Waals surface area (Å²) < 4.78 is 4.85. The number of hydrogen-bond acceptors (Lipinski definition) is 3. The second-order valence-electron chi connectivity index (χ2n) is 3.23. The van der Waals surface area contributed by atoms with Crippen molar-refractivity contribution in [3.63, 3.8) is 0 Å². The molecule has 1 N–H and O–H groups in total. The van der Waals surface area contributed by atoms with Crippen LogP contribution in [0.1, 0.15) is 32.1 Å². The van der Waals surface area contributed by atoms with E-state index in [0.717, 1.165) is 25.7 Å². The average molecular weight is 184 g/mol. The Hall–Kier alpha value is -0.830. The Balaban J connectivity index is 2.38. The summed E-state index contributed by atoms with van der Waals surface area (Å²) >= 11 is 0. The number of cyclic esters (lactones) is 1. The van der Waals surface area contributed by atoms with Crippen molar-refractivity contribution in [1.82, 2.24) is 0 Å². The van der Waals surface area contributed by atoms with E-state index >= 15 is 0 Å². The molecule has 0 radical (unpaired) electrons. The van der Waals surface area contributed by atoms with E-state index in [0.29, 0.717) is 13.0 Å². The van der Waals surface area contributed by atoms with E-state index in [4.69, 9.17) is 4.74 Å². The minimum atomic E-state index is -0.918. The maximum Gasteiger partial charge on any atom is 0.334 e. The van der Waals surface area contributed by atoms with Gasteiger partial charge in [-0.3, -0.25) is 0 Å². The minimum Gasteiger partial charge on any atom is -0.463 e. The lowest BCUT2D eigenvalue weighted by Gasteiger charge is -2.08. The molecule has 0 aromatic carbocycles. The van der Waals surface area contributed by atoms with Gasteiger partial charge in [0, 0.05) is 0 Å². The van der Waals surface area contributed by atoms with Gasteiger partial charge in [0.1, 0.15) is 0 Å². The van der Waals surface area contributed by atoms with Crippen LogP contribution >= 0.6 is 0 Å². The van der Waals surface area contributed by atoms with Crippen molar-refractivity contribution in [2.24, 2.45) is 0 Å². The molecule has 1 unspecified atom stereocenters. The van der Waals surface area contributed by atoms with Crippen molar-refractivity contribution < 1.29 is 14.6 Å². The number of allylic oxidation sites excluding steroid dienone is 1. The molecule has 0 aliphatic carbocycles. The Morgan fingerprint density at radius 3 is 2.92 bits per heavy atom. The summed E-state index contributed by atoms with van der Waals surface area (Å²) in [5.74, 6) is -0.477. The van der Waals surface area contributed by atoms with E-state index in [2.05, 4.69) is 6.08 Å². The number of esters is 1. The molecule has 1 atom stereocenters. The molecule has 1 rings (SSSR count). The summed E-state index contributed by atoms with van der Waals surface area (Å²) in [5, 5.41) is 9.30. The molecule has 0 spiro atoms. The lowest BCUT2D eigenvalue weighted by atomic mass is 10.1. The van der Waals surface area contributed by atoms with Gasteiger partial charge in [-0.1, -0.05) is 12.2 Å². The smallest absolute Gasteiger partial charge is 0.334 e. The van der Waals surface area contributed by atoms with Crippen LogP contribution in [0.15, 0.2) is 12.2 Å². The number of hydrogen-bond donors (Lipinski definition) is 1. The minimum absolute atomic E-state index is 0.381. The van der Waals surface area contributed by atoms with Gasteiger partial charge in [0.05, 0.1) is 6.61 Å². The fourth-order valence-corrected chi connectivity index (χ4v) is 1.28. The quantitative estimate of drug-likeness (QED) is 0.457. The molecule has 3 nitrogen and oxygen atoms in total. The first kappa shape index (κ1) is 10.3. The fraction of sp³-hybridized carbons (Fsp3) is 0.700. The first-order valence-electron chi connectivity index (χ1n) is 4.80. The van der Waals surface area contributed by atoms with Crippen LogP contribution in [-0.4, -0.2) is 23.8 Å². The first-order chi connectivity index (χ1) is 6.30. The van der Waals surface area contributed by atoms with E-state index in [1.807, 2.05) is 6.08 Å². The van der Waals surface area contributed by atoms with Crippen LogP contribution in [0.2, 0.25) is 0 Å². The summed E-state index contributed by atoms with van der Waals surface area (Å²) in [6, 6.07) is 0. The molecule has 13 heavy (non-hydrogen) atoms. The second-order valence-corrected chi connectivity index (χ2v) is 3.23. The molecule has 3 heteroatoms. The van der Waals surface area contributed by atoms with Crippen LogP contribution in [0.3, 0.4) is 0 Å². The molecule has 0 aromatic rings. The van der Waals surface area contributed by atoms with Crippen molar-refractivity contribution in [1.29, 1.82) is 0 Å². The van der Waals surface area contributed by atoms with Gasteiger partial charge >= 0.3 is 5.97 Å². The van der Waals surface area contributed by atoms with Crippen molar-refractivity contribution in [2.75, 3.05) is 6.61 Å². The Morgan fingerprint density at radius 1 is 1.31 bits per heavy atom. The van der Waals surface area contributed by atoms with Gasteiger partial charge in [-0.25, -0.2) is 4.79 Å². The summed E-state index contributed by atoms with van der Waals surface area (Å²) in [4.78, 5) is 11.0. The van der Waals surface area contributed by atoms with E-state index in [1.165, 1.54) is 0 Å². The summed E-state index contributed by atoms with van der Waals surface area (Å²) in [6.07, 6.45) is 7.40. The molecular formula is C10H16O3. The number of rotatable bonds is 0. The monoisotopic (exact) mass is 184 g/mol. The van der Waals surface area contributed by atoms with Gasteiger partial charge in [-0.05, 0) is 32.1 Å². The van der Waals surface area contributed by atoms with Gasteiger partial charge in [-0.15, -0.1) is 0 Å². The number of carbonyl (C=O) groups excluding carboxylic acids is 1. The third-order valence-corrected chi connectivity index (χ3v) is 2.07. The van der Waals surface area contributed by atoms with Crippen LogP contribution < -0.4 is 0 Å². The number of carbonyl (C=O) groups is 1. The van der Waals surface area contributed by atoms with Gasteiger partial charge in [0.2, 0.25) is 0 Å². The van der Waals surface area contributed by atoms with Crippen LogP contribution in [0.4, 0.5) is 0 Å². The van der Waals surface area contributed by atoms with Crippen LogP contribution in [0.5, 0.6) is 0 Å². The zero-order valence-corrected chi connectivity index (χ0v) is 7.74. The highest BCUT2D eigenvalue weighted by atomic mass is 16.5. The fourth-order valence-electron chi connectivity index (χ4n) is 1.28. The zero-order chi connectivity index (χ0) is 9.52. The van der Waals surface area contributed by atoms with Crippen LogP contribution in [0, 0.1) is 0 Å². The van der Waals surface area contributed by atoms with Gasteiger partial charge < -0.3 is 9.84 Å². The lowest BCUT2D eigenvalue weighted by molar-refractivity contribution is -0.153. The molecule has 1 heterocycles. The van der Waals surface area contributed by atoms with Crippen LogP contribution in [0.25, 0.3) is 0 Å². The van der Waals surface area contributed by atoms with Gasteiger partial charge in [0.25, 0.3) is 0 Å². The molecule has 74 valence electrons. The molecule has 0 saturated heterocycles. The highest BCUT2D eigenvalue weighted by Gasteiger charge is 2.15. The molecule has 1 aliphatic heterocycles. The number of aliphatic hydroxyl groups excluding tert-OH is 1.